The van der Waals surface area contributed by atoms with Crippen molar-refractivity contribution in [3.8, 4) is 101 Å². The predicted molar refractivity (Wildman–Crippen MR) is 365 cm³/mol. The van der Waals surface area contributed by atoms with Crippen LogP contribution in [0.2, 0.25) is 0 Å². The summed E-state index contributed by atoms with van der Waals surface area (Å²) in [6.07, 6.45) is 5.34. The van der Waals surface area contributed by atoms with E-state index in [1.165, 1.54) is 33.4 Å². The van der Waals surface area contributed by atoms with Gasteiger partial charge < -0.3 is 0 Å². The van der Waals surface area contributed by atoms with Crippen molar-refractivity contribution >= 4 is 0 Å². The normalized spacial score (nSPS) is 10.3. The fraction of sp³-hybridized carbons (Fsp3) is 0.0625. The van der Waals surface area contributed by atoms with Crippen LogP contribution in [-0.4, -0.2) is 44.9 Å². The minimum absolute atomic E-state index is 0.862. The Morgan fingerprint density at radius 3 is 0.742 bits per heavy atom. The van der Waals surface area contributed by atoms with Crippen LogP contribution in [0, 0.1) is 34.6 Å². The number of rotatable bonds is 9. The van der Waals surface area contributed by atoms with Crippen molar-refractivity contribution in [2.75, 3.05) is 0 Å². The van der Waals surface area contributed by atoms with Crippen molar-refractivity contribution in [2.45, 2.75) is 34.6 Å². The summed E-state index contributed by atoms with van der Waals surface area (Å²) in [4.78, 5) is 40.2. The second kappa shape index (κ2) is 31.0. The van der Waals surface area contributed by atoms with Crippen molar-refractivity contribution in [1.29, 1.82) is 0 Å². The van der Waals surface area contributed by atoms with E-state index in [4.69, 9.17) is 0 Å². The second-order valence-corrected chi connectivity index (χ2v) is 20.9. The third-order valence-corrected chi connectivity index (χ3v) is 13.9. The molecular weight excluding hydrogens is 1090 g/mol. The molecule has 0 unspecified atom stereocenters. The third-order valence-electron chi connectivity index (χ3n) is 13.9. The fourth-order valence-corrected chi connectivity index (χ4v) is 9.68. The Kier molecular flexibility index (Phi) is 21.1. The minimum Gasteiger partial charge on any atom is -0.255 e. The Bertz CT molecular complexity index is 3980. The van der Waals surface area contributed by atoms with E-state index >= 15 is 0 Å². The van der Waals surface area contributed by atoms with Gasteiger partial charge in [0.05, 0.1) is 56.9 Å². The highest BCUT2D eigenvalue weighted by Crippen LogP contribution is 2.29. The SMILES string of the molecule is Cc1cc(-c2ccccc2)cc(-c2ccccc2)n1.Cc1cc(-c2ccccc2)cc(-c2ccccc2)n1.Cc1cc(-c2ccccc2)cc(-c2ccccn2)n1.Cc1cccc(-c2cccc(-c3ccccn3)n2)n1.Cc1cccc(-c2ccccn2)n1. The van der Waals surface area contributed by atoms with Gasteiger partial charge >= 0.3 is 0 Å². The molecule has 0 N–H and O–H groups in total. The zero-order valence-corrected chi connectivity index (χ0v) is 50.5. The molecule has 0 bridgehead atoms. The molecule has 9 heterocycles. The first kappa shape index (κ1) is 60.6. The predicted octanol–water partition coefficient (Wildman–Crippen LogP) is 19.5. The molecule has 14 rings (SSSR count). The van der Waals surface area contributed by atoms with Crippen molar-refractivity contribution < 1.29 is 0 Å². The van der Waals surface area contributed by atoms with E-state index in [1.54, 1.807) is 18.6 Å². The second-order valence-electron chi connectivity index (χ2n) is 20.9. The molecule has 5 aromatic carbocycles. The molecule has 0 amide bonds. The Balaban J connectivity index is 0.000000123. The number of hydrogen-bond donors (Lipinski definition) is 0. The lowest BCUT2D eigenvalue weighted by Gasteiger charge is -2.07. The van der Waals surface area contributed by atoms with E-state index in [-0.39, 0.29) is 0 Å². The Morgan fingerprint density at radius 2 is 0.404 bits per heavy atom. The van der Waals surface area contributed by atoms with Crippen molar-refractivity contribution in [3.05, 3.63) is 344 Å². The van der Waals surface area contributed by atoms with Gasteiger partial charge in [-0.15, -0.1) is 0 Å². The maximum absolute atomic E-state index is 4.63. The lowest BCUT2D eigenvalue weighted by Crippen LogP contribution is -1.92. The van der Waals surface area contributed by atoms with Gasteiger partial charge in [0.2, 0.25) is 0 Å². The van der Waals surface area contributed by atoms with Crippen LogP contribution in [0.5, 0.6) is 0 Å². The quantitative estimate of drug-likeness (QED) is 0.139. The molecule has 432 valence electrons. The number of pyridine rings is 9. The van der Waals surface area contributed by atoms with Crippen molar-refractivity contribution in [2.24, 2.45) is 0 Å². The number of hydrogen-bond acceptors (Lipinski definition) is 9. The summed E-state index contributed by atoms with van der Waals surface area (Å²) in [6, 6.07) is 99.8. The molecular formula is C80H67N9. The summed E-state index contributed by atoms with van der Waals surface area (Å²) >= 11 is 0. The zero-order chi connectivity index (χ0) is 61.4. The van der Waals surface area contributed by atoms with E-state index in [9.17, 15) is 0 Å². The highest BCUT2D eigenvalue weighted by Gasteiger charge is 2.09. The molecule has 0 saturated heterocycles. The van der Waals surface area contributed by atoms with Gasteiger partial charge in [-0.3, -0.25) is 39.9 Å². The summed E-state index contributed by atoms with van der Waals surface area (Å²) < 4.78 is 0. The first-order valence-corrected chi connectivity index (χ1v) is 29.5. The molecule has 0 saturated carbocycles. The summed E-state index contributed by atoms with van der Waals surface area (Å²) in [6.45, 7) is 10.1. The van der Waals surface area contributed by atoms with E-state index in [1.807, 2.05) is 211 Å². The molecule has 0 radical (unpaired) electrons. The fourth-order valence-electron chi connectivity index (χ4n) is 9.68. The molecule has 9 aromatic heterocycles. The van der Waals surface area contributed by atoms with Crippen molar-refractivity contribution in [1.82, 2.24) is 44.9 Å². The Labute approximate surface area is 522 Å². The van der Waals surface area contributed by atoms with Crippen LogP contribution in [-0.2, 0) is 0 Å². The lowest BCUT2D eigenvalue weighted by molar-refractivity contribution is 1.17. The van der Waals surface area contributed by atoms with Crippen LogP contribution in [0.25, 0.3) is 101 Å². The highest BCUT2D eigenvalue weighted by atomic mass is 14.8. The molecule has 0 aliphatic heterocycles. The van der Waals surface area contributed by atoms with Crippen LogP contribution in [0.3, 0.4) is 0 Å². The topological polar surface area (TPSA) is 116 Å². The van der Waals surface area contributed by atoms with Crippen LogP contribution in [0.4, 0.5) is 0 Å². The zero-order valence-electron chi connectivity index (χ0n) is 50.5. The molecule has 0 aliphatic rings. The van der Waals surface area contributed by atoms with E-state index in [0.717, 1.165) is 96.5 Å². The summed E-state index contributed by atoms with van der Waals surface area (Å²) in [5, 5.41) is 0. The standard InChI is InChI=1S/2C18H15N.C17H14N2.C16H13N3.C11H10N2/c2*1-14-12-17(15-8-4-2-5-9-15)13-18(19-14)16-10-6-3-7-11-16;1-13-11-15(14-7-3-2-4-8-14)12-17(19-13)16-9-5-6-10-18-16;1-12-6-4-8-15(18-12)16-10-5-9-14(19-16)13-7-2-3-11-17-13;1-9-5-4-7-11(13-9)10-6-2-3-8-12-10/h2*2-13H,1H3;2-12H,1H3;2-11H,1H3;2-8H,1H3. The Hall–Kier alpha value is -11.6. The van der Waals surface area contributed by atoms with Gasteiger partial charge in [0.15, 0.2) is 0 Å². The smallest absolute Gasteiger partial charge is 0.0895 e. The highest BCUT2D eigenvalue weighted by molar-refractivity contribution is 5.73. The first-order valence-electron chi connectivity index (χ1n) is 29.5. The molecule has 0 fully saturated rings. The van der Waals surface area contributed by atoms with Gasteiger partial charge in [-0.2, -0.15) is 0 Å². The monoisotopic (exact) mass is 1150 g/mol. The summed E-state index contributed by atoms with van der Waals surface area (Å²) in [7, 11) is 0. The van der Waals surface area contributed by atoms with Crippen LogP contribution in [0.15, 0.2) is 316 Å². The van der Waals surface area contributed by atoms with Gasteiger partial charge in [0.1, 0.15) is 0 Å². The first-order chi connectivity index (χ1) is 43.7. The maximum Gasteiger partial charge on any atom is 0.0895 e. The van der Waals surface area contributed by atoms with Gasteiger partial charge in [-0.05, 0) is 177 Å². The van der Waals surface area contributed by atoms with Crippen LogP contribution >= 0.6 is 0 Å². The van der Waals surface area contributed by atoms with Gasteiger partial charge in [-0.1, -0.05) is 188 Å². The van der Waals surface area contributed by atoms with Crippen LogP contribution in [0.1, 0.15) is 28.5 Å². The lowest BCUT2D eigenvalue weighted by atomic mass is 10.0. The van der Waals surface area contributed by atoms with E-state index < -0.39 is 0 Å². The average Bonchev–Trinajstić information content (AvgIpc) is 3.44. The summed E-state index contributed by atoms with van der Waals surface area (Å²) in [5.41, 5.74) is 23.9. The van der Waals surface area contributed by atoms with E-state index in [0.29, 0.717) is 0 Å². The van der Waals surface area contributed by atoms with Crippen LogP contribution < -0.4 is 0 Å². The maximum atomic E-state index is 4.63. The molecule has 9 heteroatoms. The van der Waals surface area contributed by atoms with Crippen molar-refractivity contribution in [3.63, 3.8) is 0 Å². The molecule has 14 aromatic rings. The summed E-state index contributed by atoms with van der Waals surface area (Å²) in [5.74, 6) is 0. The van der Waals surface area contributed by atoms with Gasteiger partial charge in [0, 0.05) is 58.2 Å². The largest absolute Gasteiger partial charge is 0.255 e. The molecule has 0 aliphatic carbocycles. The number of aromatic nitrogens is 9. The van der Waals surface area contributed by atoms with Gasteiger partial charge in [0.25, 0.3) is 0 Å². The number of benzene rings is 5. The molecule has 9 nitrogen and oxygen atoms in total. The molecule has 0 spiro atoms. The third kappa shape index (κ3) is 17.8. The number of nitrogens with zero attached hydrogens (tertiary/aromatic N) is 9. The number of aryl methyl sites for hydroxylation is 5. The van der Waals surface area contributed by atoms with Gasteiger partial charge in [-0.25, -0.2) is 4.98 Å². The van der Waals surface area contributed by atoms with E-state index in [2.05, 4.69) is 166 Å². The average molecular weight is 1150 g/mol. The molecule has 89 heavy (non-hydrogen) atoms. The minimum atomic E-state index is 0.862. The Morgan fingerprint density at radius 1 is 0.157 bits per heavy atom. The molecule has 0 atom stereocenters.